The van der Waals surface area contributed by atoms with Crippen LogP contribution in [-0.2, 0) is 0 Å². The van der Waals surface area contributed by atoms with Gasteiger partial charge in [-0.05, 0) is 15.9 Å². The third-order valence-corrected chi connectivity index (χ3v) is 1.68. The Labute approximate surface area is 79.5 Å². The molecule has 1 rings (SSSR count). The minimum atomic E-state index is 0.704. The highest BCUT2D eigenvalue weighted by atomic mass is 79.9. The van der Waals surface area contributed by atoms with E-state index in [-0.39, 0.29) is 0 Å². The first-order valence-electron chi connectivity index (χ1n) is 3.36. The Morgan fingerprint density at radius 1 is 1.58 bits per heavy atom. The smallest absolute Gasteiger partial charge is 0.135 e. The molecule has 4 nitrogen and oxygen atoms in total. The van der Waals surface area contributed by atoms with Gasteiger partial charge in [0.25, 0.3) is 0 Å². The minimum Gasteiger partial charge on any atom is -0.369 e. The van der Waals surface area contributed by atoms with Crippen molar-refractivity contribution in [3.05, 3.63) is 17.1 Å². The number of rotatable bonds is 2. The molecule has 0 aliphatic carbocycles. The standard InChI is InChI=1S/C7H9BrN4/c1-12(2)5-11-6-3-9-4-10-7(6)8/h3-5H,1-2H3/b11-5-. The number of halogens is 1. The molecule has 0 saturated carbocycles. The molecule has 0 amide bonds. The lowest BCUT2D eigenvalue weighted by Crippen LogP contribution is -2.07. The van der Waals surface area contributed by atoms with Gasteiger partial charge >= 0.3 is 0 Å². The summed E-state index contributed by atoms with van der Waals surface area (Å²) in [4.78, 5) is 13.8. The van der Waals surface area contributed by atoms with Crippen LogP contribution in [0.25, 0.3) is 0 Å². The quantitative estimate of drug-likeness (QED) is 0.438. The molecule has 64 valence electrons. The van der Waals surface area contributed by atoms with Crippen molar-refractivity contribution in [1.29, 1.82) is 0 Å². The van der Waals surface area contributed by atoms with Crippen LogP contribution in [-0.4, -0.2) is 35.3 Å². The van der Waals surface area contributed by atoms with E-state index < -0.39 is 0 Å². The molecular formula is C7H9BrN4. The molecule has 1 aromatic heterocycles. The maximum absolute atomic E-state index is 4.13. The molecule has 0 aliphatic heterocycles. The van der Waals surface area contributed by atoms with Crippen molar-refractivity contribution in [1.82, 2.24) is 14.9 Å². The molecular weight excluding hydrogens is 220 g/mol. The van der Waals surface area contributed by atoms with E-state index in [2.05, 4.69) is 30.9 Å². The van der Waals surface area contributed by atoms with E-state index in [1.807, 2.05) is 19.0 Å². The molecule has 0 radical (unpaired) electrons. The Hall–Kier alpha value is -0.970. The van der Waals surface area contributed by atoms with Gasteiger partial charge in [0.2, 0.25) is 0 Å². The van der Waals surface area contributed by atoms with Crippen LogP contribution in [0.3, 0.4) is 0 Å². The van der Waals surface area contributed by atoms with Gasteiger partial charge in [0.1, 0.15) is 16.6 Å². The fourth-order valence-electron chi connectivity index (χ4n) is 0.572. The largest absolute Gasteiger partial charge is 0.369 e. The molecule has 12 heavy (non-hydrogen) atoms. The summed E-state index contributed by atoms with van der Waals surface area (Å²) in [6, 6.07) is 0. The first-order valence-corrected chi connectivity index (χ1v) is 4.15. The van der Waals surface area contributed by atoms with Crippen molar-refractivity contribution < 1.29 is 0 Å². The lowest BCUT2D eigenvalue weighted by atomic mass is 10.6. The van der Waals surface area contributed by atoms with Crippen molar-refractivity contribution in [2.45, 2.75) is 0 Å². The van der Waals surface area contributed by atoms with E-state index in [9.17, 15) is 0 Å². The van der Waals surface area contributed by atoms with Crippen LogP contribution in [0, 0.1) is 0 Å². The molecule has 0 unspecified atom stereocenters. The van der Waals surface area contributed by atoms with Gasteiger partial charge in [-0.15, -0.1) is 0 Å². The fraction of sp³-hybridized carbons (Fsp3) is 0.286. The molecule has 0 aliphatic rings. The molecule has 1 heterocycles. The van der Waals surface area contributed by atoms with Gasteiger partial charge in [0.05, 0.1) is 12.5 Å². The average molecular weight is 229 g/mol. The van der Waals surface area contributed by atoms with E-state index in [1.54, 1.807) is 12.5 Å². The Morgan fingerprint density at radius 2 is 2.33 bits per heavy atom. The fourth-order valence-corrected chi connectivity index (χ4v) is 0.868. The number of aliphatic imine (C=N–C) groups is 1. The van der Waals surface area contributed by atoms with Gasteiger partial charge in [-0.3, -0.25) is 0 Å². The van der Waals surface area contributed by atoms with E-state index in [0.717, 1.165) is 5.69 Å². The molecule has 0 aromatic carbocycles. The maximum Gasteiger partial charge on any atom is 0.135 e. The van der Waals surface area contributed by atoms with Crippen molar-refractivity contribution in [3.8, 4) is 0 Å². The molecule has 0 atom stereocenters. The van der Waals surface area contributed by atoms with Crippen LogP contribution in [0.15, 0.2) is 22.1 Å². The van der Waals surface area contributed by atoms with E-state index >= 15 is 0 Å². The number of hydrogen-bond donors (Lipinski definition) is 0. The van der Waals surface area contributed by atoms with Gasteiger partial charge < -0.3 is 4.90 Å². The number of hydrogen-bond acceptors (Lipinski definition) is 3. The summed E-state index contributed by atoms with van der Waals surface area (Å²) >= 11 is 3.26. The lowest BCUT2D eigenvalue weighted by molar-refractivity contribution is 0.643. The monoisotopic (exact) mass is 228 g/mol. The zero-order valence-electron chi connectivity index (χ0n) is 6.90. The first kappa shape index (κ1) is 9.12. The van der Waals surface area contributed by atoms with Gasteiger partial charge in [-0.1, -0.05) is 0 Å². The second-order valence-corrected chi connectivity index (χ2v) is 3.16. The summed E-state index contributed by atoms with van der Waals surface area (Å²) in [6.07, 6.45) is 4.82. The minimum absolute atomic E-state index is 0.704. The Bertz CT molecular complexity index is 284. The summed E-state index contributed by atoms with van der Waals surface area (Å²) in [5.41, 5.74) is 0.728. The van der Waals surface area contributed by atoms with Crippen LogP contribution < -0.4 is 0 Å². The molecule has 0 spiro atoms. The third-order valence-electron chi connectivity index (χ3n) is 1.07. The van der Waals surface area contributed by atoms with Crippen molar-refractivity contribution in [2.24, 2.45) is 4.99 Å². The average Bonchev–Trinajstić information content (AvgIpc) is 2.03. The normalized spacial score (nSPS) is 10.6. The summed E-state index contributed by atoms with van der Waals surface area (Å²) in [5.74, 6) is 0. The van der Waals surface area contributed by atoms with Crippen LogP contribution in [0.5, 0.6) is 0 Å². The van der Waals surface area contributed by atoms with E-state index in [0.29, 0.717) is 4.60 Å². The predicted octanol–water partition coefficient (Wildman–Crippen LogP) is 1.46. The second kappa shape index (κ2) is 4.15. The van der Waals surface area contributed by atoms with Gasteiger partial charge in [-0.25, -0.2) is 15.0 Å². The van der Waals surface area contributed by atoms with Gasteiger partial charge in [-0.2, -0.15) is 0 Å². The molecule has 0 N–H and O–H groups in total. The summed E-state index contributed by atoms with van der Waals surface area (Å²) in [5, 5.41) is 0. The van der Waals surface area contributed by atoms with Gasteiger partial charge in [0.15, 0.2) is 0 Å². The topological polar surface area (TPSA) is 41.4 Å². The van der Waals surface area contributed by atoms with Crippen LogP contribution in [0.2, 0.25) is 0 Å². The van der Waals surface area contributed by atoms with Crippen LogP contribution in [0.4, 0.5) is 5.69 Å². The highest BCUT2D eigenvalue weighted by molar-refractivity contribution is 9.10. The Kier molecular flexibility index (Phi) is 3.16. The first-order chi connectivity index (χ1) is 5.70. The molecule has 5 heteroatoms. The molecule has 0 saturated heterocycles. The molecule has 1 aromatic rings. The highest BCUT2D eigenvalue weighted by Crippen LogP contribution is 2.19. The third kappa shape index (κ3) is 2.58. The molecule has 0 fully saturated rings. The number of nitrogens with zero attached hydrogens (tertiary/aromatic N) is 4. The Morgan fingerprint density at radius 3 is 2.92 bits per heavy atom. The zero-order chi connectivity index (χ0) is 8.97. The summed E-state index contributed by atoms with van der Waals surface area (Å²) in [6.45, 7) is 0. The SMILES string of the molecule is CN(C)/C=N\c1cncnc1Br. The highest BCUT2D eigenvalue weighted by Gasteiger charge is 1.95. The molecule has 0 bridgehead atoms. The van der Waals surface area contributed by atoms with Crippen LogP contribution in [0.1, 0.15) is 0 Å². The summed E-state index contributed by atoms with van der Waals surface area (Å²) < 4.78 is 0.704. The Balaban J connectivity index is 2.82. The summed E-state index contributed by atoms with van der Waals surface area (Å²) in [7, 11) is 3.81. The van der Waals surface area contributed by atoms with Crippen LogP contribution >= 0.6 is 15.9 Å². The van der Waals surface area contributed by atoms with Crippen molar-refractivity contribution >= 4 is 28.0 Å². The maximum atomic E-state index is 4.13. The van der Waals surface area contributed by atoms with E-state index in [1.165, 1.54) is 6.33 Å². The van der Waals surface area contributed by atoms with Crippen molar-refractivity contribution in [3.63, 3.8) is 0 Å². The lowest BCUT2D eigenvalue weighted by Gasteiger charge is -2.02. The van der Waals surface area contributed by atoms with E-state index in [4.69, 9.17) is 0 Å². The second-order valence-electron chi connectivity index (χ2n) is 2.41. The zero-order valence-corrected chi connectivity index (χ0v) is 8.48. The van der Waals surface area contributed by atoms with Gasteiger partial charge in [0, 0.05) is 14.1 Å². The number of aromatic nitrogens is 2. The predicted molar refractivity (Wildman–Crippen MR) is 51.6 cm³/mol. The van der Waals surface area contributed by atoms with Crippen molar-refractivity contribution in [2.75, 3.05) is 14.1 Å².